The van der Waals surface area contributed by atoms with Crippen LogP contribution in [0.25, 0.3) is 0 Å². The molecule has 4 nitrogen and oxygen atoms in total. The van der Waals surface area contributed by atoms with Crippen LogP contribution in [0.3, 0.4) is 0 Å². The maximum atomic E-state index is 12.4. The summed E-state index contributed by atoms with van der Waals surface area (Å²) in [5, 5.41) is 0. The number of nitrogen functional groups attached to an aromatic ring is 1. The SMILES string of the molecule is C[C@@H]1CCC[C@H](C)N1C(=O)c1ccc(N)nc1. The highest BCUT2D eigenvalue weighted by Gasteiger charge is 2.29. The Labute approximate surface area is 102 Å². The lowest BCUT2D eigenvalue weighted by molar-refractivity contribution is 0.0510. The second kappa shape index (κ2) is 4.73. The third-order valence-electron chi connectivity index (χ3n) is 3.46. The van der Waals surface area contributed by atoms with Crippen molar-refractivity contribution in [2.75, 3.05) is 5.73 Å². The van der Waals surface area contributed by atoms with E-state index in [-0.39, 0.29) is 5.91 Å². The Kier molecular flexibility index (Phi) is 3.31. The molecule has 92 valence electrons. The van der Waals surface area contributed by atoms with Crippen molar-refractivity contribution in [2.45, 2.75) is 45.2 Å². The first-order valence-corrected chi connectivity index (χ1v) is 6.14. The molecule has 1 aliphatic heterocycles. The van der Waals surface area contributed by atoms with Crippen molar-refractivity contribution in [3.8, 4) is 0 Å². The van der Waals surface area contributed by atoms with Gasteiger partial charge in [-0.3, -0.25) is 4.79 Å². The Morgan fingerprint density at radius 3 is 2.53 bits per heavy atom. The second-order valence-electron chi connectivity index (χ2n) is 4.81. The van der Waals surface area contributed by atoms with Crippen molar-refractivity contribution in [1.82, 2.24) is 9.88 Å². The standard InChI is InChI=1S/C13H19N3O/c1-9-4-3-5-10(2)16(9)13(17)11-6-7-12(14)15-8-11/h6-10H,3-5H2,1-2H3,(H2,14,15)/t9-,10+. The number of piperidine rings is 1. The summed E-state index contributed by atoms with van der Waals surface area (Å²) in [7, 11) is 0. The predicted octanol–water partition coefficient (Wildman–Crippen LogP) is 2.07. The first kappa shape index (κ1) is 11.9. The lowest BCUT2D eigenvalue weighted by Gasteiger charge is -2.39. The van der Waals surface area contributed by atoms with Crippen molar-refractivity contribution >= 4 is 11.7 Å². The minimum Gasteiger partial charge on any atom is -0.384 e. The minimum absolute atomic E-state index is 0.0669. The van der Waals surface area contributed by atoms with Crippen LogP contribution >= 0.6 is 0 Å². The summed E-state index contributed by atoms with van der Waals surface area (Å²) in [6.45, 7) is 4.22. The molecule has 2 atom stereocenters. The minimum atomic E-state index is 0.0669. The van der Waals surface area contributed by atoms with Gasteiger partial charge < -0.3 is 10.6 Å². The second-order valence-corrected chi connectivity index (χ2v) is 4.81. The molecule has 4 heteroatoms. The van der Waals surface area contributed by atoms with Crippen LogP contribution in [0, 0.1) is 0 Å². The molecule has 1 amide bonds. The van der Waals surface area contributed by atoms with Gasteiger partial charge in [0.1, 0.15) is 5.82 Å². The van der Waals surface area contributed by atoms with Gasteiger partial charge in [-0.15, -0.1) is 0 Å². The quantitative estimate of drug-likeness (QED) is 0.807. The van der Waals surface area contributed by atoms with Crippen LogP contribution in [0.1, 0.15) is 43.5 Å². The van der Waals surface area contributed by atoms with Crippen molar-refractivity contribution in [3.05, 3.63) is 23.9 Å². The smallest absolute Gasteiger partial charge is 0.255 e. The van der Waals surface area contributed by atoms with Gasteiger partial charge in [-0.2, -0.15) is 0 Å². The van der Waals surface area contributed by atoms with Crippen LogP contribution < -0.4 is 5.73 Å². The predicted molar refractivity (Wildman–Crippen MR) is 67.6 cm³/mol. The lowest BCUT2D eigenvalue weighted by Crippen LogP contribution is -2.47. The Morgan fingerprint density at radius 1 is 1.35 bits per heavy atom. The first-order chi connectivity index (χ1) is 8.09. The molecule has 2 heterocycles. The van der Waals surface area contributed by atoms with Gasteiger partial charge in [0, 0.05) is 18.3 Å². The molecule has 0 aliphatic carbocycles. The van der Waals surface area contributed by atoms with Crippen LogP contribution in [-0.4, -0.2) is 27.9 Å². The molecule has 0 saturated carbocycles. The summed E-state index contributed by atoms with van der Waals surface area (Å²) in [6.07, 6.45) is 4.93. The number of aromatic nitrogens is 1. The molecule has 0 unspecified atom stereocenters. The normalized spacial score (nSPS) is 24.7. The Morgan fingerprint density at radius 2 is 2.00 bits per heavy atom. The van der Waals surface area contributed by atoms with E-state index in [1.165, 1.54) is 6.42 Å². The number of anilines is 1. The molecule has 1 fully saturated rings. The number of likely N-dealkylation sites (tertiary alicyclic amines) is 1. The van der Waals surface area contributed by atoms with Gasteiger partial charge in [-0.25, -0.2) is 4.98 Å². The molecule has 0 radical (unpaired) electrons. The monoisotopic (exact) mass is 233 g/mol. The summed E-state index contributed by atoms with van der Waals surface area (Å²) in [5.41, 5.74) is 6.15. The fourth-order valence-corrected chi connectivity index (χ4v) is 2.50. The van der Waals surface area contributed by atoms with E-state index in [0.717, 1.165) is 12.8 Å². The van der Waals surface area contributed by atoms with Crippen LogP contribution in [0.5, 0.6) is 0 Å². The number of rotatable bonds is 1. The summed E-state index contributed by atoms with van der Waals surface area (Å²) in [6, 6.07) is 4.04. The average molecular weight is 233 g/mol. The molecule has 0 spiro atoms. The maximum Gasteiger partial charge on any atom is 0.255 e. The number of pyridine rings is 1. The molecule has 2 N–H and O–H groups in total. The summed E-state index contributed by atoms with van der Waals surface area (Å²) >= 11 is 0. The Bertz CT molecular complexity index is 392. The van der Waals surface area contributed by atoms with Gasteiger partial charge in [-0.05, 0) is 45.2 Å². The van der Waals surface area contributed by atoms with E-state index in [9.17, 15) is 4.79 Å². The zero-order valence-corrected chi connectivity index (χ0v) is 10.4. The fourth-order valence-electron chi connectivity index (χ4n) is 2.50. The van der Waals surface area contributed by atoms with Gasteiger partial charge in [0.25, 0.3) is 5.91 Å². The van der Waals surface area contributed by atoms with Gasteiger partial charge in [-0.1, -0.05) is 0 Å². The van der Waals surface area contributed by atoms with Crippen molar-refractivity contribution in [1.29, 1.82) is 0 Å². The third kappa shape index (κ3) is 2.40. The van der Waals surface area contributed by atoms with E-state index < -0.39 is 0 Å². The van der Waals surface area contributed by atoms with E-state index in [1.54, 1.807) is 18.3 Å². The molecule has 1 aliphatic rings. The molecule has 1 aromatic rings. The van der Waals surface area contributed by atoms with Crippen molar-refractivity contribution in [2.24, 2.45) is 0 Å². The van der Waals surface area contributed by atoms with Crippen molar-refractivity contribution < 1.29 is 4.79 Å². The number of nitrogens with zero attached hydrogens (tertiary/aromatic N) is 2. The van der Waals surface area contributed by atoms with Gasteiger partial charge in [0.05, 0.1) is 5.56 Å². The van der Waals surface area contributed by atoms with Gasteiger partial charge >= 0.3 is 0 Å². The average Bonchev–Trinajstić information content (AvgIpc) is 2.29. The number of carbonyl (C=O) groups excluding carboxylic acids is 1. The Hall–Kier alpha value is -1.58. The van der Waals surface area contributed by atoms with E-state index in [2.05, 4.69) is 18.8 Å². The topological polar surface area (TPSA) is 59.2 Å². The van der Waals surface area contributed by atoms with Crippen molar-refractivity contribution in [3.63, 3.8) is 0 Å². The first-order valence-electron chi connectivity index (χ1n) is 6.14. The summed E-state index contributed by atoms with van der Waals surface area (Å²) < 4.78 is 0. The molecule has 17 heavy (non-hydrogen) atoms. The molecular formula is C13H19N3O. The fraction of sp³-hybridized carbons (Fsp3) is 0.538. The summed E-state index contributed by atoms with van der Waals surface area (Å²) in [5.74, 6) is 0.512. The van der Waals surface area contributed by atoms with Crippen LogP contribution in [0.4, 0.5) is 5.82 Å². The number of carbonyl (C=O) groups is 1. The highest BCUT2D eigenvalue weighted by molar-refractivity contribution is 5.94. The molecule has 0 aromatic carbocycles. The van der Waals surface area contributed by atoms with E-state index >= 15 is 0 Å². The molecule has 1 saturated heterocycles. The number of hydrogen-bond acceptors (Lipinski definition) is 3. The van der Waals surface area contributed by atoms with E-state index in [4.69, 9.17) is 5.73 Å². The molecule has 0 bridgehead atoms. The number of amides is 1. The number of hydrogen-bond donors (Lipinski definition) is 1. The largest absolute Gasteiger partial charge is 0.384 e. The zero-order valence-electron chi connectivity index (χ0n) is 10.4. The van der Waals surface area contributed by atoms with Gasteiger partial charge in [0.2, 0.25) is 0 Å². The lowest BCUT2D eigenvalue weighted by atomic mass is 9.96. The molecular weight excluding hydrogens is 214 g/mol. The highest BCUT2D eigenvalue weighted by Crippen LogP contribution is 2.24. The van der Waals surface area contributed by atoms with Gasteiger partial charge in [0.15, 0.2) is 0 Å². The third-order valence-corrected chi connectivity index (χ3v) is 3.46. The molecule has 2 rings (SSSR count). The van der Waals surface area contributed by atoms with E-state index in [1.807, 2.05) is 4.90 Å². The zero-order chi connectivity index (χ0) is 12.4. The molecule has 1 aromatic heterocycles. The van der Waals surface area contributed by atoms with E-state index in [0.29, 0.717) is 23.5 Å². The van der Waals surface area contributed by atoms with Crippen LogP contribution in [0.15, 0.2) is 18.3 Å². The summed E-state index contributed by atoms with van der Waals surface area (Å²) in [4.78, 5) is 18.3. The highest BCUT2D eigenvalue weighted by atomic mass is 16.2. The Balaban J connectivity index is 2.20. The van der Waals surface area contributed by atoms with Crippen LogP contribution in [-0.2, 0) is 0 Å². The maximum absolute atomic E-state index is 12.4. The van der Waals surface area contributed by atoms with Crippen LogP contribution in [0.2, 0.25) is 0 Å². The number of nitrogens with two attached hydrogens (primary N) is 1.